The third-order valence-corrected chi connectivity index (χ3v) is 8.67. The normalized spacial score (nSPS) is 20.8. The molecule has 42 heavy (non-hydrogen) atoms. The van der Waals surface area contributed by atoms with E-state index in [1.165, 1.54) is 6.08 Å². The molecule has 0 saturated carbocycles. The Kier molecular flexibility index (Phi) is 7.85. The van der Waals surface area contributed by atoms with Gasteiger partial charge in [-0.2, -0.15) is 9.97 Å². The SMILES string of the molecule is [C-]#[N+]C[C@H]1CN(c2nc(OCC3CCN(C)C3)nc3c2CCN(c2cc(O)cc4ccccc24)C3)CCN1C(=O)C=C. The van der Waals surface area contributed by atoms with Gasteiger partial charge >= 0.3 is 6.01 Å². The zero-order valence-corrected chi connectivity index (χ0v) is 24.1. The summed E-state index contributed by atoms with van der Waals surface area (Å²) in [4.78, 5) is 34.5. The first kappa shape index (κ1) is 27.8. The summed E-state index contributed by atoms with van der Waals surface area (Å²) in [6.45, 7) is 16.9. The van der Waals surface area contributed by atoms with Crippen LogP contribution < -0.4 is 14.5 Å². The quantitative estimate of drug-likeness (QED) is 0.344. The zero-order chi connectivity index (χ0) is 29.2. The molecule has 0 bridgehead atoms. The molecule has 2 saturated heterocycles. The van der Waals surface area contributed by atoms with Gasteiger partial charge in [0.2, 0.25) is 12.5 Å². The molecule has 1 unspecified atom stereocenters. The van der Waals surface area contributed by atoms with Crippen molar-refractivity contribution in [3.05, 3.63) is 71.7 Å². The fourth-order valence-corrected chi connectivity index (χ4v) is 6.53. The highest BCUT2D eigenvalue weighted by molar-refractivity contribution is 5.95. The van der Waals surface area contributed by atoms with Crippen molar-refractivity contribution >= 4 is 28.2 Å². The monoisotopic (exact) mass is 567 g/mol. The molecule has 2 aromatic carbocycles. The number of rotatable bonds is 7. The van der Waals surface area contributed by atoms with Gasteiger partial charge in [-0.25, -0.2) is 6.57 Å². The number of likely N-dealkylation sites (tertiary alicyclic amines) is 1. The predicted molar refractivity (Wildman–Crippen MR) is 163 cm³/mol. The lowest BCUT2D eigenvalue weighted by Crippen LogP contribution is -2.56. The van der Waals surface area contributed by atoms with Crippen LogP contribution in [0.5, 0.6) is 11.8 Å². The van der Waals surface area contributed by atoms with Crippen LogP contribution in [0.4, 0.5) is 11.5 Å². The molecule has 1 aromatic heterocycles. The molecule has 1 amide bonds. The molecule has 3 aliphatic rings. The van der Waals surface area contributed by atoms with Gasteiger partial charge in [0.15, 0.2) is 0 Å². The van der Waals surface area contributed by atoms with E-state index in [0.717, 1.165) is 66.0 Å². The molecule has 10 heteroatoms. The maximum absolute atomic E-state index is 12.5. The smallest absolute Gasteiger partial charge is 0.318 e. The van der Waals surface area contributed by atoms with E-state index in [1.807, 2.05) is 24.3 Å². The Morgan fingerprint density at radius 3 is 2.81 bits per heavy atom. The Labute approximate surface area is 246 Å². The first-order chi connectivity index (χ1) is 20.4. The highest BCUT2D eigenvalue weighted by Gasteiger charge is 2.35. The van der Waals surface area contributed by atoms with E-state index in [-0.39, 0.29) is 24.2 Å². The number of aromatic nitrogens is 2. The molecule has 10 nitrogen and oxygen atoms in total. The Morgan fingerprint density at radius 1 is 1.17 bits per heavy atom. The molecule has 0 radical (unpaired) electrons. The van der Waals surface area contributed by atoms with E-state index in [4.69, 9.17) is 21.3 Å². The number of aromatic hydroxyl groups is 1. The number of phenols is 1. The van der Waals surface area contributed by atoms with Crippen LogP contribution in [0.1, 0.15) is 17.7 Å². The minimum atomic E-state index is -0.246. The molecule has 0 spiro atoms. The fourth-order valence-electron chi connectivity index (χ4n) is 6.53. The number of carbonyl (C=O) groups excluding carboxylic acids is 1. The van der Waals surface area contributed by atoms with E-state index in [1.54, 1.807) is 11.0 Å². The molecule has 2 fully saturated rings. The van der Waals surface area contributed by atoms with E-state index >= 15 is 0 Å². The second-order valence-electron chi connectivity index (χ2n) is 11.5. The number of anilines is 2. The summed E-state index contributed by atoms with van der Waals surface area (Å²) in [5.74, 6) is 1.36. The lowest BCUT2D eigenvalue weighted by Gasteiger charge is -2.41. The molecule has 218 valence electrons. The number of nitrogens with zero attached hydrogens (tertiary/aromatic N) is 7. The van der Waals surface area contributed by atoms with Crippen molar-refractivity contribution in [2.75, 3.05) is 69.3 Å². The van der Waals surface area contributed by atoms with E-state index in [9.17, 15) is 9.90 Å². The van der Waals surface area contributed by atoms with Gasteiger partial charge in [-0.15, -0.1) is 0 Å². The van der Waals surface area contributed by atoms with Gasteiger partial charge in [0.25, 0.3) is 0 Å². The van der Waals surface area contributed by atoms with Crippen LogP contribution in [-0.4, -0.2) is 96.3 Å². The summed E-state index contributed by atoms with van der Waals surface area (Å²) in [5, 5.41) is 12.6. The number of fused-ring (bicyclic) bond motifs is 2. The summed E-state index contributed by atoms with van der Waals surface area (Å²) in [6.07, 6.45) is 3.14. The second-order valence-corrected chi connectivity index (χ2v) is 11.5. The van der Waals surface area contributed by atoms with Gasteiger partial charge < -0.3 is 34.3 Å². The Hall–Kier alpha value is -4.36. The summed E-state index contributed by atoms with van der Waals surface area (Å²) >= 11 is 0. The summed E-state index contributed by atoms with van der Waals surface area (Å²) in [6, 6.07) is 11.8. The average molecular weight is 568 g/mol. The molecule has 1 N–H and O–H groups in total. The highest BCUT2D eigenvalue weighted by Crippen LogP contribution is 2.36. The van der Waals surface area contributed by atoms with Gasteiger partial charge in [-0.1, -0.05) is 30.8 Å². The molecular formula is C32H37N7O3. The van der Waals surface area contributed by atoms with Gasteiger partial charge in [0.05, 0.1) is 18.8 Å². The lowest BCUT2D eigenvalue weighted by atomic mass is 10.0. The number of phenolic OH excluding ortho intramolecular Hbond substituents is 1. The Balaban J connectivity index is 1.33. The third-order valence-electron chi connectivity index (χ3n) is 8.67. The summed E-state index contributed by atoms with van der Waals surface area (Å²) in [5.41, 5.74) is 2.96. The van der Waals surface area contributed by atoms with Gasteiger partial charge in [-0.05, 0) is 44.0 Å². The third kappa shape index (κ3) is 5.57. The van der Waals surface area contributed by atoms with Crippen LogP contribution in [0.3, 0.4) is 0 Å². The van der Waals surface area contributed by atoms with Crippen molar-refractivity contribution < 1.29 is 14.6 Å². The lowest BCUT2D eigenvalue weighted by molar-refractivity contribution is -0.128. The standard InChI is InChI=1S/C32H37N7O3/c1-4-30(41)39-14-13-38(19-24(39)17-33-2)31-27-10-12-37(29-16-25(40)15-23-7-5-6-8-26(23)29)20-28(27)34-32(35-31)42-21-22-9-11-36(3)18-22/h4-8,15-16,22,24,40H,1,9-14,17-21H2,3H3/t22?,24-/m0/s1. The van der Waals surface area contributed by atoms with Crippen LogP contribution in [0, 0.1) is 12.5 Å². The Bertz CT molecular complexity index is 1540. The Morgan fingerprint density at radius 2 is 2.02 bits per heavy atom. The molecule has 6 rings (SSSR count). The highest BCUT2D eigenvalue weighted by atomic mass is 16.5. The molecule has 3 aliphatic heterocycles. The van der Waals surface area contributed by atoms with Crippen molar-refractivity contribution in [3.63, 3.8) is 0 Å². The molecule has 0 aliphatic carbocycles. The first-order valence-corrected chi connectivity index (χ1v) is 14.6. The zero-order valence-electron chi connectivity index (χ0n) is 24.1. The van der Waals surface area contributed by atoms with Crippen molar-refractivity contribution in [1.29, 1.82) is 0 Å². The number of benzene rings is 2. The largest absolute Gasteiger partial charge is 0.508 e. The van der Waals surface area contributed by atoms with Gasteiger partial charge in [0, 0.05) is 61.3 Å². The molecular weight excluding hydrogens is 530 g/mol. The molecule has 4 heterocycles. The number of ether oxygens (including phenoxy) is 1. The van der Waals surface area contributed by atoms with Crippen LogP contribution in [0.25, 0.3) is 15.6 Å². The summed E-state index contributed by atoms with van der Waals surface area (Å²) in [7, 11) is 2.13. The van der Waals surface area contributed by atoms with Crippen LogP contribution in [0.2, 0.25) is 0 Å². The maximum atomic E-state index is 12.5. The van der Waals surface area contributed by atoms with Crippen molar-refractivity contribution in [2.45, 2.75) is 25.4 Å². The number of amides is 1. The van der Waals surface area contributed by atoms with Crippen LogP contribution in [-0.2, 0) is 17.8 Å². The summed E-state index contributed by atoms with van der Waals surface area (Å²) < 4.78 is 6.26. The van der Waals surface area contributed by atoms with E-state index in [0.29, 0.717) is 44.7 Å². The molecule has 3 aromatic rings. The topological polar surface area (TPSA) is 89.6 Å². The predicted octanol–water partition coefficient (Wildman–Crippen LogP) is 3.35. The van der Waals surface area contributed by atoms with Crippen LogP contribution in [0.15, 0.2) is 49.1 Å². The average Bonchev–Trinajstić information content (AvgIpc) is 3.43. The van der Waals surface area contributed by atoms with Crippen molar-refractivity contribution in [1.82, 2.24) is 19.8 Å². The van der Waals surface area contributed by atoms with Crippen molar-refractivity contribution in [3.8, 4) is 11.8 Å². The minimum absolute atomic E-state index is 0.146. The fraction of sp³-hybridized carbons (Fsp3) is 0.438. The van der Waals surface area contributed by atoms with Gasteiger partial charge in [0.1, 0.15) is 17.6 Å². The van der Waals surface area contributed by atoms with E-state index in [2.05, 4.69) is 39.2 Å². The van der Waals surface area contributed by atoms with Crippen molar-refractivity contribution in [2.24, 2.45) is 5.92 Å². The number of carbonyl (C=O) groups is 1. The van der Waals surface area contributed by atoms with Crippen LogP contribution >= 0.6 is 0 Å². The maximum Gasteiger partial charge on any atom is 0.318 e. The number of piperazine rings is 1. The first-order valence-electron chi connectivity index (χ1n) is 14.6. The van der Waals surface area contributed by atoms with Gasteiger partial charge in [-0.3, -0.25) is 4.79 Å². The van der Waals surface area contributed by atoms with E-state index < -0.39 is 0 Å². The number of hydrogen-bond donors (Lipinski definition) is 1. The second kappa shape index (κ2) is 11.9. The minimum Gasteiger partial charge on any atom is -0.508 e. The number of hydrogen-bond acceptors (Lipinski definition) is 8. The molecule has 2 atom stereocenters.